The van der Waals surface area contributed by atoms with Crippen LogP contribution in [0.2, 0.25) is 0 Å². The number of carbonyl (C=O) groups excluding carboxylic acids is 1. The Kier molecular flexibility index (Phi) is 12.1. The van der Waals surface area contributed by atoms with Crippen molar-refractivity contribution in [2.45, 2.75) is 31.4 Å². The molecule has 2 atom stereocenters. The second kappa shape index (κ2) is 12.2. The van der Waals surface area contributed by atoms with E-state index in [1.165, 1.54) is 0 Å². The van der Waals surface area contributed by atoms with Gasteiger partial charge in [-0.2, -0.15) is 0 Å². The molecule has 0 saturated carbocycles. The van der Waals surface area contributed by atoms with Gasteiger partial charge in [-0.15, -0.1) is 32.6 Å². The molecule has 3 N–H and O–H groups in total. The summed E-state index contributed by atoms with van der Waals surface area (Å²) in [5, 5.41) is 26.4. The highest BCUT2D eigenvalue weighted by molar-refractivity contribution is 5.85. The maximum absolute atomic E-state index is 11.3. The predicted molar refractivity (Wildman–Crippen MR) is 72.5 cm³/mol. The lowest BCUT2D eigenvalue weighted by molar-refractivity contribution is -0.790. The molecule has 0 heterocycles. The van der Waals surface area contributed by atoms with Gasteiger partial charge in [-0.1, -0.05) is 0 Å². The summed E-state index contributed by atoms with van der Waals surface area (Å²) in [5.74, 6) is -2.02. The topological polar surface area (TPSA) is 194 Å². The van der Waals surface area contributed by atoms with E-state index in [0.717, 1.165) is 0 Å². The number of nitrogens with two attached hydrogens (primary N) is 1. The highest BCUT2D eigenvalue weighted by atomic mass is 35.5. The minimum atomic E-state index is -1.28. The van der Waals surface area contributed by atoms with Gasteiger partial charge in [0, 0.05) is 12.8 Å². The molecule has 14 heteroatoms. The van der Waals surface area contributed by atoms with Crippen LogP contribution >= 0.6 is 12.4 Å². The van der Waals surface area contributed by atoms with Crippen molar-refractivity contribution in [2.75, 3.05) is 13.2 Å². The van der Waals surface area contributed by atoms with Crippen LogP contribution in [0, 0.1) is 20.2 Å². The normalized spacial score (nSPS) is 12.2. The minimum absolute atomic E-state index is 0. The van der Waals surface area contributed by atoms with Crippen molar-refractivity contribution in [3.05, 3.63) is 20.2 Å². The Morgan fingerprint density at radius 1 is 1.17 bits per heavy atom. The summed E-state index contributed by atoms with van der Waals surface area (Å²) in [6, 6.07) is -1.20. The molecule has 23 heavy (non-hydrogen) atoms. The molecule has 0 radical (unpaired) electrons. The number of hydrogen-bond donors (Lipinski definition) is 2. The number of rotatable bonds is 12. The third-order valence-electron chi connectivity index (χ3n) is 2.28. The van der Waals surface area contributed by atoms with Gasteiger partial charge in [0.25, 0.3) is 10.2 Å². The lowest BCUT2D eigenvalue weighted by atomic mass is 10.2. The van der Waals surface area contributed by atoms with Gasteiger partial charge in [0.1, 0.15) is 18.8 Å². The third kappa shape index (κ3) is 13.0. The molecule has 0 rings (SSSR count). The molecule has 0 aliphatic rings. The van der Waals surface area contributed by atoms with Crippen LogP contribution in [0.15, 0.2) is 0 Å². The van der Waals surface area contributed by atoms with Crippen molar-refractivity contribution in [1.82, 2.24) is 0 Å². The maximum Gasteiger partial charge on any atom is 0.320 e. The fourth-order valence-electron chi connectivity index (χ4n) is 1.21. The number of ether oxygens (including phenoxy) is 1. The zero-order valence-electron chi connectivity index (χ0n) is 11.7. The van der Waals surface area contributed by atoms with Crippen molar-refractivity contribution in [1.29, 1.82) is 0 Å². The van der Waals surface area contributed by atoms with E-state index in [1.807, 2.05) is 0 Å². The molecule has 0 spiro atoms. The van der Waals surface area contributed by atoms with Crippen LogP contribution < -0.4 is 5.73 Å². The fourth-order valence-corrected chi connectivity index (χ4v) is 1.21. The monoisotopic (exact) mass is 361 g/mol. The number of carboxylic acids is 1. The summed E-state index contributed by atoms with van der Waals surface area (Å²) in [5.41, 5.74) is 5.18. The highest BCUT2D eigenvalue weighted by Crippen LogP contribution is 2.03. The van der Waals surface area contributed by atoms with E-state index in [2.05, 4.69) is 14.4 Å². The Labute approximate surface area is 135 Å². The summed E-state index contributed by atoms with van der Waals surface area (Å²) in [4.78, 5) is 49.9. The zero-order valence-corrected chi connectivity index (χ0v) is 12.5. The summed E-state index contributed by atoms with van der Waals surface area (Å²) < 4.78 is 4.68. The van der Waals surface area contributed by atoms with Crippen LogP contribution in [0.4, 0.5) is 0 Å². The second-order valence-electron chi connectivity index (χ2n) is 3.96. The Balaban J connectivity index is 0. The second-order valence-corrected chi connectivity index (χ2v) is 3.96. The van der Waals surface area contributed by atoms with Gasteiger partial charge in [-0.25, -0.2) is 0 Å². The van der Waals surface area contributed by atoms with Crippen molar-refractivity contribution >= 4 is 24.3 Å². The molecular formula is C9H16ClN3O10. The SMILES string of the molecule is Cl.N[C@@H](CCC(=O)OCC[C@@H](CO[N+](=O)[O-])O[N+](=O)[O-])C(=O)O. The first-order valence-electron chi connectivity index (χ1n) is 5.94. The molecule has 0 unspecified atom stereocenters. The van der Waals surface area contributed by atoms with E-state index in [9.17, 15) is 29.8 Å². The average Bonchev–Trinajstić information content (AvgIpc) is 2.41. The van der Waals surface area contributed by atoms with E-state index in [0.29, 0.717) is 0 Å². The van der Waals surface area contributed by atoms with Crippen LogP contribution in [0.3, 0.4) is 0 Å². The number of aliphatic carboxylic acids is 1. The van der Waals surface area contributed by atoms with Crippen LogP contribution in [0.1, 0.15) is 19.3 Å². The molecule has 0 bridgehead atoms. The van der Waals surface area contributed by atoms with E-state index in [4.69, 9.17) is 10.8 Å². The predicted octanol–water partition coefficient (Wildman–Crippen LogP) is -0.681. The van der Waals surface area contributed by atoms with Gasteiger partial charge in [0.2, 0.25) is 0 Å². The summed E-state index contributed by atoms with van der Waals surface area (Å²) >= 11 is 0. The molecule has 0 saturated heterocycles. The van der Waals surface area contributed by atoms with Crippen molar-refractivity contribution in [2.24, 2.45) is 5.73 Å². The molecule has 0 aliphatic carbocycles. The number of esters is 1. The maximum atomic E-state index is 11.3. The van der Waals surface area contributed by atoms with E-state index < -0.39 is 40.9 Å². The number of hydrogen-bond acceptors (Lipinski definition) is 10. The average molecular weight is 362 g/mol. The molecule has 0 fully saturated rings. The van der Waals surface area contributed by atoms with Crippen molar-refractivity contribution in [3.63, 3.8) is 0 Å². The highest BCUT2D eigenvalue weighted by Gasteiger charge is 2.18. The van der Waals surface area contributed by atoms with Gasteiger partial charge in [-0.3, -0.25) is 9.59 Å². The van der Waals surface area contributed by atoms with Gasteiger partial charge in [0.05, 0.1) is 6.61 Å². The molecule has 0 aliphatic heterocycles. The molecule has 134 valence electrons. The largest absolute Gasteiger partial charge is 0.480 e. The van der Waals surface area contributed by atoms with E-state index in [1.54, 1.807) is 0 Å². The molecule has 0 aromatic heterocycles. The molecule has 0 aromatic rings. The smallest absolute Gasteiger partial charge is 0.320 e. The first-order valence-corrected chi connectivity index (χ1v) is 5.94. The standard InChI is InChI=1S/C9H15N3O10.ClH/c10-7(9(14)15)1-2-8(13)20-4-3-6(22-12(18)19)5-21-11(16)17;/h6-7H,1-5,10H2,(H,14,15);1H/t6-,7-;/m0./s1. The van der Waals surface area contributed by atoms with Crippen LogP contribution in [-0.2, 0) is 24.0 Å². The van der Waals surface area contributed by atoms with Gasteiger partial charge in [-0.05, 0) is 6.42 Å². The van der Waals surface area contributed by atoms with Crippen LogP contribution in [-0.4, -0.2) is 52.6 Å². The molecule has 13 nitrogen and oxygen atoms in total. The Hall–Kier alpha value is -2.41. The molecule has 0 aromatic carbocycles. The Morgan fingerprint density at radius 2 is 1.78 bits per heavy atom. The zero-order chi connectivity index (χ0) is 17.1. The molecule has 0 amide bonds. The number of nitrogens with zero attached hydrogens (tertiary/aromatic N) is 2. The third-order valence-corrected chi connectivity index (χ3v) is 2.28. The first kappa shape index (κ1) is 22.9. The van der Waals surface area contributed by atoms with Gasteiger partial charge >= 0.3 is 11.9 Å². The number of carbonyl (C=O) groups is 2. The number of halogens is 1. The molecular weight excluding hydrogens is 346 g/mol. The summed E-state index contributed by atoms with van der Waals surface area (Å²) in [6.07, 6.45) is -1.88. The van der Waals surface area contributed by atoms with E-state index in [-0.39, 0.29) is 38.3 Å². The summed E-state index contributed by atoms with van der Waals surface area (Å²) in [6.45, 7) is -1.02. The van der Waals surface area contributed by atoms with E-state index >= 15 is 0 Å². The quantitative estimate of drug-likeness (QED) is 0.254. The lowest BCUT2D eigenvalue weighted by Gasteiger charge is -2.13. The minimum Gasteiger partial charge on any atom is -0.480 e. The van der Waals surface area contributed by atoms with Crippen molar-refractivity contribution in [3.8, 4) is 0 Å². The number of carboxylic acid groups (broad SMARTS) is 1. The van der Waals surface area contributed by atoms with Gasteiger partial charge in [0.15, 0.2) is 0 Å². The van der Waals surface area contributed by atoms with Crippen LogP contribution in [0.25, 0.3) is 0 Å². The Bertz CT molecular complexity index is 420. The first-order chi connectivity index (χ1) is 10.2. The Morgan fingerprint density at radius 3 is 2.26 bits per heavy atom. The summed E-state index contributed by atoms with van der Waals surface area (Å²) in [7, 11) is 0. The lowest BCUT2D eigenvalue weighted by Crippen LogP contribution is -2.31. The van der Waals surface area contributed by atoms with Crippen molar-refractivity contribution < 1.29 is 39.3 Å². The van der Waals surface area contributed by atoms with Crippen LogP contribution in [0.5, 0.6) is 0 Å². The fraction of sp³-hybridized carbons (Fsp3) is 0.778. The van der Waals surface area contributed by atoms with Gasteiger partial charge < -0.3 is 25.3 Å².